The topological polar surface area (TPSA) is 20.3 Å². The van der Waals surface area contributed by atoms with E-state index in [1.807, 2.05) is 0 Å². The minimum Gasteiger partial charge on any atom is -0.340 e. The Balaban J connectivity index is 2.05. The first-order chi connectivity index (χ1) is 6.27. The van der Waals surface area contributed by atoms with Crippen LogP contribution in [-0.4, -0.2) is 23.4 Å². The molecule has 2 fully saturated rings. The Morgan fingerprint density at radius 3 is 3.00 bits per heavy atom. The second kappa shape index (κ2) is 3.69. The molecular weight excluding hydrogens is 162 g/mol. The third-order valence-electron chi connectivity index (χ3n) is 3.46. The summed E-state index contributed by atoms with van der Waals surface area (Å²) in [7, 11) is 0. The molecule has 0 aromatic rings. The standard InChI is InChI=1S/C11H19NO/c1-9-4-2-6-11(13)12-7-3-5-10(12)8-9/h9-10H,2-8H2,1H3/t9-,10-/m1/s1. The average Bonchev–Trinajstić information content (AvgIpc) is 2.49. The maximum atomic E-state index is 11.7. The van der Waals surface area contributed by atoms with Crippen LogP contribution in [-0.2, 0) is 4.79 Å². The molecular formula is C11H19NO. The maximum absolute atomic E-state index is 11.7. The Kier molecular flexibility index (Phi) is 2.56. The molecule has 0 saturated carbocycles. The number of hydrogen-bond acceptors (Lipinski definition) is 1. The van der Waals surface area contributed by atoms with Gasteiger partial charge in [-0.05, 0) is 31.6 Å². The van der Waals surface area contributed by atoms with Crippen molar-refractivity contribution in [1.29, 1.82) is 0 Å². The fourth-order valence-electron chi connectivity index (χ4n) is 2.74. The first-order valence-corrected chi connectivity index (χ1v) is 5.57. The Morgan fingerprint density at radius 2 is 2.15 bits per heavy atom. The molecule has 0 aromatic carbocycles. The van der Waals surface area contributed by atoms with E-state index in [0.29, 0.717) is 11.9 Å². The molecule has 74 valence electrons. The Morgan fingerprint density at radius 1 is 1.31 bits per heavy atom. The molecule has 0 aliphatic carbocycles. The molecule has 0 unspecified atom stereocenters. The van der Waals surface area contributed by atoms with Gasteiger partial charge in [-0.1, -0.05) is 13.3 Å². The van der Waals surface area contributed by atoms with Crippen LogP contribution in [0.3, 0.4) is 0 Å². The fraction of sp³-hybridized carbons (Fsp3) is 0.909. The zero-order valence-electron chi connectivity index (χ0n) is 8.46. The minimum atomic E-state index is 0.411. The van der Waals surface area contributed by atoms with Crippen LogP contribution in [0, 0.1) is 5.92 Å². The van der Waals surface area contributed by atoms with E-state index in [0.717, 1.165) is 25.3 Å². The third-order valence-corrected chi connectivity index (χ3v) is 3.46. The third kappa shape index (κ3) is 1.87. The number of rotatable bonds is 0. The van der Waals surface area contributed by atoms with Gasteiger partial charge in [0.25, 0.3) is 0 Å². The van der Waals surface area contributed by atoms with Gasteiger partial charge in [-0.25, -0.2) is 0 Å². The molecule has 2 nitrogen and oxygen atoms in total. The second-order valence-corrected chi connectivity index (χ2v) is 4.62. The number of carbonyl (C=O) groups is 1. The Labute approximate surface area is 80.3 Å². The summed E-state index contributed by atoms with van der Waals surface area (Å²) in [6.07, 6.45) is 6.85. The van der Waals surface area contributed by atoms with E-state index in [-0.39, 0.29) is 0 Å². The average molecular weight is 181 g/mol. The molecule has 2 rings (SSSR count). The maximum Gasteiger partial charge on any atom is 0.222 e. The lowest BCUT2D eigenvalue weighted by atomic mass is 9.93. The van der Waals surface area contributed by atoms with Crippen molar-refractivity contribution in [3.05, 3.63) is 0 Å². The number of hydrogen-bond donors (Lipinski definition) is 0. The van der Waals surface area contributed by atoms with Gasteiger partial charge in [-0.3, -0.25) is 4.79 Å². The molecule has 0 radical (unpaired) electrons. The van der Waals surface area contributed by atoms with Gasteiger partial charge in [0, 0.05) is 19.0 Å². The summed E-state index contributed by atoms with van der Waals surface area (Å²) in [6.45, 7) is 3.35. The van der Waals surface area contributed by atoms with E-state index in [4.69, 9.17) is 0 Å². The molecule has 2 heterocycles. The monoisotopic (exact) mass is 181 g/mol. The van der Waals surface area contributed by atoms with Gasteiger partial charge in [-0.15, -0.1) is 0 Å². The molecule has 0 bridgehead atoms. The lowest BCUT2D eigenvalue weighted by Crippen LogP contribution is -2.37. The van der Waals surface area contributed by atoms with Crippen molar-refractivity contribution in [1.82, 2.24) is 4.90 Å². The number of nitrogens with zero attached hydrogens (tertiary/aromatic N) is 1. The highest BCUT2D eigenvalue weighted by atomic mass is 16.2. The molecule has 0 aromatic heterocycles. The van der Waals surface area contributed by atoms with Crippen molar-refractivity contribution in [2.75, 3.05) is 6.54 Å². The molecule has 0 N–H and O–H groups in total. The van der Waals surface area contributed by atoms with Crippen molar-refractivity contribution >= 4 is 5.91 Å². The molecule has 2 heteroatoms. The van der Waals surface area contributed by atoms with E-state index < -0.39 is 0 Å². The smallest absolute Gasteiger partial charge is 0.222 e. The van der Waals surface area contributed by atoms with Gasteiger partial charge in [0.05, 0.1) is 0 Å². The summed E-state index contributed by atoms with van der Waals surface area (Å²) in [5.41, 5.74) is 0. The van der Waals surface area contributed by atoms with Crippen LogP contribution in [0.2, 0.25) is 0 Å². The van der Waals surface area contributed by atoms with Gasteiger partial charge >= 0.3 is 0 Å². The molecule has 2 aliphatic heterocycles. The SMILES string of the molecule is C[C@@H]1CCCC(=O)N2CCC[C@@H]2C1. The summed E-state index contributed by atoms with van der Waals surface area (Å²) in [5.74, 6) is 1.23. The van der Waals surface area contributed by atoms with Gasteiger partial charge in [0.2, 0.25) is 5.91 Å². The van der Waals surface area contributed by atoms with Crippen LogP contribution in [0.4, 0.5) is 0 Å². The molecule has 0 spiro atoms. The van der Waals surface area contributed by atoms with Crippen molar-refractivity contribution in [3.63, 3.8) is 0 Å². The number of fused-ring (bicyclic) bond motifs is 1. The summed E-state index contributed by atoms with van der Waals surface area (Å²) < 4.78 is 0. The molecule has 1 amide bonds. The van der Waals surface area contributed by atoms with Gasteiger partial charge in [0.1, 0.15) is 0 Å². The van der Waals surface area contributed by atoms with E-state index in [1.54, 1.807) is 0 Å². The molecule has 2 aliphatic rings. The quantitative estimate of drug-likeness (QED) is 0.561. The Hall–Kier alpha value is -0.530. The molecule has 13 heavy (non-hydrogen) atoms. The van der Waals surface area contributed by atoms with E-state index in [1.165, 1.54) is 25.7 Å². The zero-order valence-corrected chi connectivity index (χ0v) is 8.46. The summed E-state index contributed by atoms with van der Waals surface area (Å²) >= 11 is 0. The predicted octanol–water partition coefficient (Wildman–Crippen LogP) is 2.19. The van der Waals surface area contributed by atoms with Crippen molar-refractivity contribution in [3.8, 4) is 0 Å². The van der Waals surface area contributed by atoms with Crippen molar-refractivity contribution < 1.29 is 4.79 Å². The van der Waals surface area contributed by atoms with Gasteiger partial charge < -0.3 is 4.90 Å². The van der Waals surface area contributed by atoms with Gasteiger partial charge in [-0.2, -0.15) is 0 Å². The van der Waals surface area contributed by atoms with Crippen LogP contribution in [0.1, 0.15) is 45.4 Å². The lowest BCUT2D eigenvalue weighted by Gasteiger charge is -2.29. The molecule has 2 saturated heterocycles. The van der Waals surface area contributed by atoms with Crippen molar-refractivity contribution in [2.45, 2.75) is 51.5 Å². The number of carbonyl (C=O) groups excluding carboxylic acids is 1. The highest BCUT2D eigenvalue weighted by Gasteiger charge is 2.30. The van der Waals surface area contributed by atoms with Crippen molar-refractivity contribution in [2.24, 2.45) is 5.92 Å². The largest absolute Gasteiger partial charge is 0.340 e. The highest BCUT2D eigenvalue weighted by molar-refractivity contribution is 5.76. The second-order valence-electron chi connectivity index (χ2n) is 4.62. The van der Waals surface area contributed by atoms with Crippen LogP contribution in [0.15, 0.2) is 0 Å². The van der Waals surface area contributed by atoms with Crippen LogP contribution in [0.25, 0.3) is 0 Å². The first-order valence-electron chi connectivity index (χ1n) is 5.57. The van der Waals surface area contributed by atoms with Crippen LogP contribution >= 0.6 is 0 Å². The van der Waals surface area contributed by atoms with Gasteiger partial charge in [0.15, 0.2) is 0 Å². The van der Waals surface area contributed by atoms with E-state index in [2.05, 4.69) is 11.8 Å². The first kappa shape index (κ1) is 9.04. The number of amides is 1. The summed E-state index contributed by atoms with van der Waals surface area (Å²) in [5, 5.41) is 0. The van der Waals surface area contributed by atoms with Crippen LogP contribution < -0.4 is 0 Å². The normalized spacial score (nSPS) is 35.5. The predicted molar refractivity (Wildman–Crippen MR) is 52.4 cm³/mol. The molecule has 2 atom stereocenters. The summed E-state index contributed by atoms with van der Waals surface area (Å²) in [4.78, 5) is 13.8. The van der Waals surface area contributed by atoms with E-state index in [9.17, 15) is 4.79 Å². The Bertz CT molecular complexity index is 202. The summed E-state index contributed by atoms with van der Waals surface area (Å²) in [6, 6.07) is 0.586. The highest BCUT2D eigenvalue weighted by Crippen LogP contribution is 2.28. The lowest BCUT2D eigenvalue weighted by molar-refractivity contribution is -0.133. The fourth-order valence-corrected chi connectivity index (χ4v) is 2.74. The van der Waals surface area contributed by atoms with E-state index >= 15 is 0 Å². The minimum absolute atomic E-state index is 0.411. The zero-order chi connectivity index (χ0) is 9.26. The van der Waals surface area contributed by atoms with Crippen LogP contribution in [0.5, 0.6) is 0 Å².